The molecule has 10 atom stereocenters. The summed E-state index contributed by atoms with van der Waals surface area (Å²) in [7, 11) is 8.45. The highest BCUT2D eigenvalue weighted by Crippen LogP contribution is 2.23. The zero-order chi connectivity index (χ0) is 61.4. The van der Waals surface area contributed by atoms with Crippen LogP contribution in [0, 0.1) is 17.8 Å². The van der Waals surface area contributed by atoms with E-state index in [-0.39, 0.29) is 50.5 Å². The minimum Gasteiger partial charge on any atom is -0.391 e. The second kappa shape index (κ2) is 31.3. The highest BCUT2D eigenvalue weighted by molar-refractivity contribution is 5.98. The number of amides is 10. The largest absolute Gasteiger partial charge is 0.391 e. The number of hydrogen-bond donors (Lipinski definition) is 4. The number of aliphatic hydroxyl groups excluding tert-OH is 1. The van der Waals surface area contributed by atoms with Gasteiger partial charge in [0, 0.05) is 68.2 Å². The molecule has 4 N–H and O–H groups in total. The molecule has 1 aromatic carbocycles. The van der Waals surface area contributed by atoms with Crippen LogP contribution in [-0.2, 0) is 59.1 Å². The van der Waals surface area contributed by atoms with Crippen molar-refractivity contribution in [2.75, 3.05) is 68.5 Å². The normalized spacial score (nSPS) is 26.1. The van der Waals surface area contributed by atoms with Crippen molar-refractivity contribution in [2.24, 2.45) is 17.8 Å². The van der Waals surface area contributed by atoms with Crippen molar-refractivity contribution in [1.82, 2.24) is 50.2 Å². The van der Waals surface area contributed by atoms with Gasteiger partial charge in [-0.15, -0.1) is 0 Å². The standard InChI is InChI=1S/C59H98N10O12/c1-18-38(6)50-53(75)60-42(56(78)69-29-23-20-24-30-69)27-28-47(71)64(13)39(7)54(76)67(16)46(33-41-25-21-19-22-26-41)57(79)66(15)45(32-37(4)5)52(74)62-49(40(8)70)58(80)63(12)34-48(72)65(14)44(31-36(2)3)51(73)61-43(55(77)68(50)17)35-81-59(9,10)11/h19,21-22,25-26,36-40,42-46,49-50,70H,18,20,23-24,27-35H2,1-17H3,(H,60,75)(H,61,73)(H,62,74)/t38-,39-,40+,42-,43-,44-,45-,46-,49-,50-/m0/s1. The summed E-state index contributed by atoms with van der Waals surface area (Å²) < 4.78 is 6.11. The maximum absolute atomic E-state index is 15.0. The van der Waals surface area contributed by atoms with Crippen LogP contribution in [0.15, 0.2) is 30.3 Å². The number of hydrogen-bond acceptors (Lipinski definition) is 12. The molecular formula is C59H98N10O12. The number of carbonyl (C=O) groups excluding carboxylic acids is 10. The van der Waals surface area contributed by atoms with Crippen molar-refractivity contribution >= 4 is 59.1 Å². The van der Waals surface area contributed by atoms with Crippen molar-refractivity contribution < 1.29 is 57.8 Å². The van der Waals surface area contributed by atoms with E-state index < -0.39 is 132 Å². The van der Waals surface area contributed by atoms with E-state index in [1.807, 2.05) is 34.6 Å². The Morgan fingerprint density at radius 3 is 1.73 bits per heavy atom. The Balaban J connectivity index is 2.28. The fraction of sp³-hybridized carbons (Fsp3) is 0.729. The molecule has 2 fully saturated rings. The fourth-order valence-electron chi connectivity index (χ4n) is 10.2. The molecule has 0 aliphatic carbocycles. The van der Waals surface area contributed by atoms with E-state index in [1.54, 1.807) is 62.9 Å². The predicted molar refractivity (Wildman–Crippen MR) is 307 cm³/mol. The third-order valence-corrected chi connectivity index (χ3v) is 15.6. The lowest BCUT2D eigenvalue weighted by atomic mass is 9.95. The number of piperidine rings is 1. The third kappa shape index (κ3) is 19.8. The minimum atomic E-state index is -1.60. The van der Waals surface area contributed by atoms with E-state index in [0.29, 0.717) is 25.1 Å². The minimum absolute atomic E-state index is 0.0121. The second-order valence-electron chi connectivity index (χ2n) is 24.3. The summed E-state index contributed by atoms with van der Waals surface area (Å²) in [5.41, 5.74) is -0.100. The first-order valence-corrected chi connectivity index (χ1v) is 28.9. The summed E-state index contributed by atoms with van der Waals surface area (Å²) in [4.78, 5) is 155. The molecule has 2 saturated heterocycles. The number of likely N-dealkylation sites (N-methyl/N-ethyl adjacent to an activating group) is 6. The lowest BCUT2D eigenvalue weighted by Crippen LogP contribution is -2.62. The van der Waals surface area contributed by atoms with E-state index in [9.17, 15) is 53.1 Å². The molecule has 0 spiro atoms. The Hall–Kier alpha value is -6.16. The molecule has 1 aromatic rings. The molecule has 2 heterocycles. The van der Waals surface area contributed by atoms with Crippen molar-refractivity contribution in [1.29, 1.82) is 0 Å². The van der Waals surface area contributed by atoms with Gasteiger partial charge in [-0.05, 0) is 96.5 Å². The molecule has 81 heavy (non-hydrogen) atoms. The van der Waals surface area contributed by atoms with Gasteiger partial charge >= 0.3 is 0 Å². The number of aliphatic hydroxyl groups is 1. The van der Waals surface area contributed by atoms with E-state index in [1.165, 1.54) is 80.6 Å². The Bertz CT molecular complexity index is 2320. The number of benzene rings is 1. The maximum Gasteiger partial charge on any atom is 0.248 e. The Morgan fingerprint density at radius 2 is 1.20 bits per heavy atom. The maximum atomic E-state index is 15.0. The van der Waals surface area contributed by atoms with Crippen LogP contribution >= 0.6 is 0 Å². The van der Waals surface area contributed by atoms with Crippen molar-refractivity contribution in [3.05, 3.63) is 35.9 Å². The number of carbonyl (C=O) groups is 10. The molecule has 3 rings (SSSR count). The van der Waals surface area contributed by atoms with Gasteiger partial charge in [0.2, 0.25) is 59.1 Å². The number of ether oxygens (including phenoxy) is 1. The third-order valence-electron chi connectivity index (χ3n) is 15.6. The molecule has 10 amide bonds. The van der Waals surface area contributed by atoms with E-state index in [4.69, 9.17) is 4.74 Å². The Kier molecular flexibility index (Phi) is 26.7. The van der Waals surface area contributed by atoms with Crippen LogP contribution in [-0.4, -0.2) is 227 Å². The van der Waals surface area contributed by atoms with Gasteiger partial charge in [-0.25, -0.2) is 0 Å². The van der Waals surface area contributed by atoms with E-state index in [2.05, 4.69) is 16.0 Å². The summed E-state index contributed by atoms with van der Waals surface area (Å²) in [6.45, 7) is 19.1. The van der Waals surface area contributed by atoms with Crippen LogP contribution in [0.25, 0.3) is 0 Å². The molecule has 0 radical (unpaired) electrons. The average Bonchev–Trinajstić information content (AvgIpc) is 3.49. The molecule has 22 nitrogen and oxygen atoms in total. The van der Waals surface area contributed by atoms with Crippen LogP contribution in [0.4, 0.5) is 0 Å². The van der Waals surface area contributed by atoms with Gasteiger partial charge in [-0.3, -0.25) is 47.9 Å². The van der Waals surface area contributed by atoms with Crippen LogP contribution in [0.3, 0.4) is 0 Å². The van der Waals surface area contributed by atoms with Gasteiger partial charge < -0.3 is 60.1 Å². The Labute approximate surface area is 481 Å². The zero-order valence-electron chi connectivity index (χ0n) is 51.6. The molecule has 456 valence electrons. The predicted octanol–water partition coefficient (Wildman–Crippen LogP) is 2.44. The molecular weight excluding hydrogens is 1040 g/mol. The number of rotatable bonds is 12. The summed E-state index contributed by atoms with van der Waals surface area (Å²) >= 11 is 0. The monoisotopic (exact) mass is 1140 g/mol. The van der Waals surface area contributed by atoms with Crippen LogP contribution in [0.5, 0.6) is 0 Å². The Morgan fingerprint density at radius 1 is 0.654 bits per heavy atom. The molecule has 0 saturated carbocycles. The lowest BCUT2D eigenvalue weighted by molar-refractivity contribution is -0.152. The molecule has 0 aromatic heterocycles. The summed E-state index contributed by atoms with van der Waals surface area (Å²) in [6.07, 6.45) is 1.11. The molecule has 0 unspecified atom stereocenters. The van der Waals surface area contributed by atoms with Gasteiger partial charge in [0.05, 0.1) is 24.9 Å². The van der Waals surface area contributed by atoms with Crippen LogP contribution < -0.4 is 16.0 Å². The molecule has 2 aliphatic rings. The van der Waals surface area contributed by atoms with E-state index in [0.717, 1.165) is 24.2 Å². The van der Waals surface area contributed by atoms with E-state index >= 15 is 0 Å². The summed E-state index contributed by atoms with van der Waals surface area (Å²) in [5.74, 6) is -7.41. The van der Waals surface area contributed by atoms with Crippen LogP contribution in [0.1, 0.15) is 133 Å². The summed E-state index contributed by atoms with van der Waals surface area (Å²) in [5, 5.41) is 19.4. The first-order chi connectivity index (χ1) is 37.7. The first kappa shape index (κ1) is 69.1. The van der Waals surface area contributed by atoms with Gasteiger partial charge in [-0.2, -0.15) is 0 Å². The molecule has 22 heteroatoms. The van der Waals surface area contributed by atoms with Crippen molar-refractivity contribution in [3.63, 3.8) is 0 Å². The van der Waals surface area contributed by atoms with Crippen LogP contribution in [0.2, 0.25) is 0 Å². The SMILES string of the molecule is CC[C@H](C)[C@H]1C(=O)N[C@H](C(=O)N2CCCCC2)CCC(=O)N(C)[C@@H](C)C(=O)N(C)[C@@H](Cc2ccccc2)C(=O)N(C)[C@@H](CC(C)C)C(=O)N[C@@H]([C@@H](C)O)C(=O)N(C)CC(=O)N(C)[C@@H](CC(C)C)C(=O)N[C@@H](COC(C)(C)C)C(=O)N1C. The molecule has 0 bridgehead atoms. The topological polar surface area (TPSA) is 259 Å². The quantitative estimate of drug-likeness (QED) is 0.236. The lowest BCUT2D eigenvalue weighted by Gasteiger charge is -2.37. The van der Waals surface area contributed by atoms with Gasteiger partial charge in [0.15, 0.2) is 0 Å². The summed E-state index contributed by atoms with van der Waals surface area (Å²) in [6, 6.07) is -1.23. The van der Waals surface area contributed by atoms with Gasteiger partial charge in [0.25, 0.3) is 0 Å². The average molecular weight is 1140 g/mol. The number of nitrogens with zero attached hydrogens (tertiary/aromatic N) is 7. The van der Waals surface area contributed by atoms with Crippen molar-refractivity contribution in [2.45, 2.75) is 194 Å². The highest BCUT2D eigenvalue weighted by atomic mass is 16.5. The fourth-order valence-corrected chi connectivity index (χ4v) is 10.2. The smallest absolute Gasteiger partial charge is 0.248 e. The molecule has 2 aliphatic heterocycles. The second-order valence-corrected chi connectivity index (χ2v) is 24.3. The van der Waals surface area contributed by atoms with Crippen molar-refractivity contribution in [3.8, 4) is 0 Å². The zero-order valence-corrected chi connectivity index (χ0v) is 51.6. The number of nitrogens with one attached hydrogen (secondary N) is 3. The van der Waals surface area contributed by atoms with Gasteiger partial charge in [-0.1, -0.05) is 78.3 Å². The van der Waals surface area contributed by atoms with Gasteiger partial charge in [0.1, 0.15) is 48.3 Å². The first-order valence-electron chi connectivity index (χ1n) is 28.9. The number of likely N-dealkylation sites (tertiary alicyclic amines) is 1. The highest BCUT2D eigenvalue weighted by Gasteiger charge is 2.43.